The third-order valence-corrected chi connectivity index (χ3v) is 4.15. The van der Waals surface area contributed by atoms with Crippen LogP contribution in [0.1, 0.15) is 5.76 Å². The number of nitro groups is 1. The first-order valence-corrected chi connectivity index (χ1v) is 7.47. The molecule has 0 aliphatic carbocycles. The van der Waals surface area contributed by atoms with Crippen LogP contribution in [0.15, 0.2) is 39.7 Å². The van der Waals surface area contributed by atoms with Crippen LogP contribution in [-0.4, -0.2) is 16.0 Å². The molecule has 116 valence electrons. The molecule has 1 saturated heterocycles. The Morgan fingerprint density at radius 1 is 1.35 bits per heavy atom. The lowest BCUT2D eigenvalue weighted by Crippen LogP contribution is -2.18. The minimum Gasteiger partial charge on any atom is -0.457 e. The zero-order valence-corrected chi connectivity index (χ0v) is 12.9. The number of nitro benzene ring substituents is 1. The largest absolute Gasteiger partial charge is 0.457 e. The third kappa shape index (κ3) is 3.13. The number of hydrogen-bond acceptors (Lipinski definition) is 6. The molecule has 7 nitrogen and oxygen atoms in total. The van der Waals surface area contributed by atoms with Gasteiger partial charge in [-0.3, -0.25) is 20.3 Å². The molecule has 0 unspecified atom stereocenters. The van der Waals surface area contributed by atoms with Gasteiger partial charge in [-0.2, -0.15) is 0 Å². The second kappa shape index (κ2) is 5.90. The number of rotatable bonds is 3. The van der Waals surface area contributed by atoms with Crippen LogP contribution < -0.4 is 5.32 Å². The molecule has 1 aromatic heterocycles. The van der Waals surface area contributed by atoms with Crippen molar-refractivity contribution in [2.24, 2.45) is 0 Å². The Hall–Kier alpha value is -2.58. The van der Waals surface area contributed by atoms with Crippen LogP contribution in [0.3, 0.4) is 0 Å². The lowest BCUT2D eigenvalue weighted by atomic mass is 10.1. The highest BCUT2D eigenvalue weighted by atomic mass is 35.5. The van der Waals surface area contributed by atoms with Crippen molar-refractivity contribution in [2.75, 3.05) is 0 Å². The van der Waals surface area contributed by atoms with E-state index in [4.69, 9.17) is 21.4 Å². The summed E-state index contributed by atoms with van der Waals surface area (Å²) in [6.07, 6.45) is 1.50. The number of nitrogens with one attached hydrogen (secondary N) is 2. The highest BCUT2D eigenvalue weighted by Crippen LogP contribution is 2.34. The van der Waals surface area contributed by atoms with E-state index in [1.165, 1.54) is 24.3 Å². The second-order valence-electron chi connectivity index (χ2n) is 4.52. The maximum atomic E-state index is 11.6. The maximum absolute atomic E-state index is 11.6. The van der Waals surface area contributed by atoms with Gasteiger partial charge < -0.3 is 9.73 Å². The summed E-state index contributed by atoms with van der Waals surface area (Å²) in [5.41, 5.74) is 0.293. The Kier molecular flexibility index (Phi) is 3.93. The topological polar surface area (TPSA) is 109 Å². The number of benzene rings is 1. The number of thioether (sulfide) groups is 1. The fourth-order valence-corrected chi connectivity index (χ4v) is 2.85. The molecule has 0 atom stereocenters. The van der Waals surface area contributed by atoms with Crippen molar-refractivity contribution in [3.05, 3.63) is 56.1 Å². The summed E-state index contributed by atoms with van der Waals surface area (Å²) in [6.45, 7) is 0. The fourth-order valence-electron chi connectivity index (χ4n) is 1.96. The van der Waals surface area contributed by atoms with Crippen molar-refractivity contribution in [1.82, 2.24) is 5.32 Å². The number of non-ortho nitro benzene ring substituents is 1. The van der Waals surface area contributed by atoms with Gasteiger partial charge in [-0.05, 0) is 30.0 Å². The molecule has 2 aromatic rings. The molecule has 1 aromatic carbocycles. The molecule has 2 heterocycles. The van der Waals surface area contributed by atoms with E-state index in [1.807, 2.05) is 0 Å². The normalized spacial score (nSPS) is 16.0. The molecule has 1 amide bonds. The number of hydrogen-bond donors (Lipinski definition) is 2. The Morgan fingerprint density at radius 2 is 2.13 bits per heavy atom. The van der Waals surface area contributed by atoms with Crippen molar-refractivity contribution in [3.63, 3.8) is 0 Å². The van der Waals surface area contributed by atoms with Crippen molar-refractivity contribution in [1.29, 1.82) is 5.41 Å². The van der Waals surface area contributed by atoms with Crippen molar-refractivity contribution in [3.8, 4) is 11.3 Å². The van der Waals surface area contributed by atoms with Crippen LogP contribution in [0.4, 0.5) is 5.69 Å². The van der Waals surface area contributed by atoms with Crippen LogP contribution in [0, 0.1) is 15.5 Å². The molecule has 1 aliphatic rings. The summed E-state index contributed by atoms with van der Waals surface area (Å²) in [6, 6.07) is 7.29. The number of nitrogens with zero attached hydrogens (tertiary/aromatic N) is 1. The molecule has 1 fully saturated rings. The highest BCUT2D eigenvalue weighted by Gasteiger charge is 2.23. The van der Waals surface area contributed by atoms with Crippen molar-refractivity contribution in [2.45, 2.75) is 0 Å². The van der Waals surface area contributed by atoms with Gasteiger partial charge in [0.1, 0.15) is 11.5 Å². The van der Waals surface area contributed by atoms with E-state index in [1.54, 1.807) is 12.1 Å². The average molecular weight is 350 g/mol. The van der Waals surface area contributed by atoms with Crippen LogP contribution in [-0.2, 0) is 4.79 Å². The summed E-state index contributed by atoms with van der Waals surface area (Å²) >= 11 is 7.05. The fraction of sp³-hybridized carbons (Fsp3) is 0. The minimum atomic E-state index is -0.517. The summed E-state index contributed by atoms with van der Waals surface area (Å²) in [5.74, 6) is 0.366. The Labute approximate surface area is 139 Å². The SMILES string of the molecule is N=C1NC(=O)/C(=C\c2ccc(-c3cc([N+](=O)[O-])ccc3Cl)o2)S1. The number of amidine groups is 1. The van der Waals surface area contributed by atoms with Crippen molar-refractivity contribution < 1.29 is 14.1 Å². The summed E-state index contributed by atoms with van der Waals surface area (Å²) < 4.78 is 5.58. The standard InChI is InChI=1S/C14H8ClN3O4S/c15-10-3-1-7(18(20)21)5-9(10)11-4-2-8(22-11)6-12-13(19)17-14(16)23-12/h1-6H,(H2,16,17,19)/b12-6+. The van der Waals surface area contributed by atoms with Gasteiger partial charge in [0.15, 0.2) is 5.17 Å². The van der Waals surface area contributed by atoms with E-state index in [-0.39, 0.29) is 16.8 Å². The van der Waals surface area contributed by atoms with Crippen LogP contribution in [0.25, 0.3) is 17.4 Å². The van der Waals surface area contributed by atoms with Gasteiger partial charge in [0.05, 0.1) is 14.9 Å². The van der Waals surface area contributed by atoms with Gasteiger partial charge in [0.25, 0.3) is 11.6 Å². The quantitative estimate of drug-likeness (QED) is 0.499. The first kappa shape index (κ1) is 15.3. The average Bonchev–Trinajstić information content (AvgIpc) is 3.06. The molecule has 1 aliphatic heterocycles. The predicted molar refractivity (Wildman–Crippen MR) is 87.2 cm³/mol. The minimum absolute atomic E-state index is 0.0507. The number of carbonyl (C=O) groups is 1. The number of amides is 1. The highest BCUT2D eigenvalue weighted by molar-refractivity contribution is 8.18. The first-order chi connectivity index (χ1) is 10.9. The molecular weight excluding hydrogens is 342 g/mol. The van der Waals surface area contributed by atoms with Crippen LogP contribution in [0.2, 0.25) is 5.02 Å². The predicted octanol–water partition coefficient (Wildman–Crippen LogP) is 3.65. The smallest absolute Gasteiger partial charge is 0.270 e. The molecule has 3 rings (SSSR count). The molecule has 9 heteroatoms. The maximum Gasteiger partial charge on any atom is 0.270 e. The third-order valence-electron chi connectivity index (χ3n) is 2.99. The zero-order valence-electron chi connectivity index (χ0n) is 11.3. The molecule has 23 heavy (non-hydrogen) atoms. The van der Waals surface area contributed by atoms with E-state index >= 15 is 0 Å². The van der Waals surface area contributed by atoms with Crippen LogP contribution in [0.5, 0.6) is 0 Å². The first-order valence-electron chi connectivity index (χ1n) is 6.27. The number of furan rings is 1. The van der Waals surface area contributed by atoms with Gasteiger partial charge in [0.2, 0.25) is 0 Å². The van der Waals surface area contributed by atoms with Gasteiger partial charge >= 0.3 is 0 Å². The molecule has 2 N–H and O–H groups in total. The molecule has 0 radical (unpaired) electrons. The lowest BCUT2D eigenvalue weighted by molar-refractivity contribution is -0.384. The van der Waals surface area contributed by atoms with Gasteiger partial charge in [-0.25, -0.2) is 0 Å². The van der Waals surface area contributed by atoms with E-state index in [9.17, 15) is 14.9 Å². The number of carbonyl (C=O) groups excluding carboxylic acids is 1. The summed E-state index contributed by atoms with van der Waals surface area (Å²) in [7, 11) is 0. The monoisotopic (exact) mass is 349 g/mol. The molecule has 0 bridgehead atoms. The number of halogens is 1. The van der Waals surface area contributed by atoms with Crippen LogP contribution >= 0.6 is 23.4 Å². The van der Waals surface area contributed by atoms with E-state index in [2.05, 4.69) is 5.32 Å². The summed E-state index contributed by atoms with van der Waals surface area (Å²) in [4.78, 5) is 22.2. The molecule has 0 spiro atoms. The van der Waals surface area contributed by atoms with Gasteiger partial charge in [-0.1, -0.05) is 11.6 Å². The van der Waals surface area contributed by atoms with E-state index in [0.717, 1.165) is 11.8 Å². The molecule has 0 saturated carbocycles. The Bertz CT molecular complexity index is 875. The Balaban J connectivity index is 1.95. The zero-order chi connectivity index (χ0) is 16.6. The Morgan fingerprint density at radius 3 is 2.78 bits per heavy atom. The van der Waals surface area contributed by atoms with E-state index in [0.29, 0.717) is 27.0 Å². The molecular formula is C14H8ClN3O4S. The lowest BCUT2D eigenvalue weighted by Gasteiger charge is -2.00. The van der Waals surface area contributed by atoms with E-state index < -0.39 is 4.92 Å². The second-order valence-corrected chi connectivity index (χ2v) is 5.98. The van der Waals surface area contributed by atoms with Crippen molar-refractivity contribution >= 4 is 46.2 Å². The van der Waals surface area contributed by atoms with Gasteiger partial charge in [0, 0.05) is 23.8 Å². The van der Waals surface area contributed by atoms with Gasteiger partial charge in [-0.15, -0.1) is 0 Å². The summed E-state index contributed by atoms with van der Waals surface area (Å²) in [5, 5.41) is 21.0.